The first kappa shape index (κ1) is 20.7. The third-order valence-electron chi connectivity index (χ3n) is 4.40. The molecule has 2 aromatic rings. The van der Waals surface area contributed by atoms with Crippen molar-refractivity contribution in [2.75, 3.05) is 18.4 Å². The molecule has 28 heavy (non-hydrogen) atoms. The molecule has 0 unspecified atom stereocenters. The first-order chi connectivity index (χ1) is 13.2. The zero-order valence-corrected chi connectivity index (χ0v) is 16.1. The van der Waals surface area contributed by atoms with Crippen molar-refractivity contribution in [1.82, 2.24) is 4.31 Å². The molecule has 2 aromatic carbocycles. The quantitative estimate of drug-likeness (QED) is 0.730. The van der Waals surface area contributed by atoms with Crippen LogP contribution in [0.1, 0.15) is 23.2 Å². The number of piperidine rings is 1. The summed E-state index contributed by atoms with van der Waals surface area (Å²) in [5, 5.41) is 11.4. The predicted octanol–water partition coefficient (Wildman–Crippen LogP) is 3.02. The van der Waals surface area contributed by atoms with Gasteiger partial charge in [0.1, 0.15) is 0 Å². The number of anilines is 1. The van der Waals surface area contributed by atoms with E-state index in [2.05, 4.69) is 5.32 Å². The van der Waals surface area contributed by atoms with Gasteiger partial charge in [-0.1, -0.05) is 17.7 Å². The summed E-state index contributed by atoms with van der Waals surface area (Å²) in [7, 11) is -3.82. The van der Waals surface area contributed by atoms with E-state index in [1.165, 1.54) is 28.6 Å². The Kier molecular flexibility index (Phi) is 5.99. The van der Waals surface area contributed by atoms with Gasteiger partial charge in [0, 0.05) is 30.4 Å². The monoisotopic (exact) mass is 430 g/mol. The molecular weight excluding hydrogens is 414 g/mol. The fourth-order valence-corrected chi connectivity index (χ4v) is 4.58. The lowest BCUT2D eigenvalue weighted by Crippen LogP contribution is -2.40. The summed E-state index contributed by atoms with van der Waals surface area (Å²) in [6.45, 7) is 0.376. The van der Waals surface area contributed by atoms with Crippen LogP contribution in [0.25, 0.3) is 0 Å². The third-order valence-corrected chi connectivity index (χ3v) is 6.57. The number of carbonyl (C=O) groups is 1. The number of hydrogen-bond donors (Lipinski definition) is 2. The van der Waals surface area contributed by atoms with Crippen molar-refractivity contribution >= 4 is 33.2 Å². The molecule has 1 amide bonds. The maximum atomic E-state index is 13.4. The summed E-state index contributed by atoms with van der Waals surface area (Å²) in [6.07, 6.45) is 0.165. The van der Waals surface area contributed by atoms with Gasteiger partial charge in [-0.25, -0.2) is 17.2 Å². The Morgan fingerprint density at radius 3 is 2.50 bits per heavy atom. The number of nitrogens with zero attached hydrogens (tertiary/aromatic N) is 1. The first-order valence-corrected chi connectivity index (χ1v) is 10.2. The molecule has 2 N–H and O–H groups in total. The number of hydrogen-bond acceptors (Lipinski definition) is 4. The molecule has 1 heterocycles. The summed E-state index contributed by atoms with van der Waals surface area (Å²) < 4.78 is 53.5. The Hall–Kier alpha value is -2.07. The van der Waals surface area contributed by atoms with Crippen molar-refractivity contribution in [3.05, 3.63) is 58.6 Å². The normalized spacial score (nSPS) is 16.1. The van der Waals surface area contributed by atoms with Gasteiger partial charge in [0.2, 0.25) is 10.0 Å². The average Bonchev–Trinajstić information content (AvgIpc) is 2.66. The van der Waals surface area contributed by atoms with Crippen LogP contribution in [-0.4, -0.2) is 42.9 Å². The van der Waals surface area contributed by atoms with Gasteiger partial charge in [0.15, 0.2) is 11.6 Å². The van der Waals surface area contributed by atoms with Crippen molar-refractivity contribution in [2.24, 2.45) is 0 Å². The molecule has 0 saturated carbocycles. The molecule has 0 bridgehead atoms. The second-order valence-corrected chi connectivity index (χ2v) is 8.72. The standard InChI is InChI=1S/C18H17ClF2N2O4S/c19-15-9-12(10-16(20)17(15)21)22-18(25)11-2-1-3-14(8-11)28(26,27)23-6-4-13(24)5-7-23/h1-3,8-10,13,24H,4-7H2,(H,22,25). The molecule has 0 aliphatic carbocycles. The summed E-state index contributed by atoms with van der Waals surface area (Å²) in [6, 6.07) is 7.22. The van der Waals surface area contributed by atoms with Crippen LogP contribution in [0.4, 0.5) is 14.5 Å². The van der Waals surface area contributed by atoms with Crippen molar-refractivity contribution < 1.29 is 27.1 Å². The van der Waals surface area contributed by atoms with Crippen LogP contribution in [-0.2, 0) is 10.0 Å². The average molecular weight is 431 g/mol. The van der Waals surface area contributed by atoms with E-state index in [4.69, 9.17) is 11.6 Å². The maximum Gasteiger partial charge on any atom is 0.255 e. The number of amides is 1. The number of carbonyl (C=O) groups excluding carboxylic acids is 1. The van der Waals surface area contributed by atoms with Crippen molar-refractivity contribution in [3.63, 3.8) is 0 Å². The SMILES string of the molecule is O=C(Nc1cc(F)c(F)c(Cl)c1)c1cccc(S(=O)(=O)N2CCC(O)CC2)c1. The van der Waals surface area contributed by atoms with Crippen LogP contribution in [0.5, 0.6) is 0 Å². The zero-order valence-electron chi connectivity index (χ0n) is 14.5. The van der Waals surface area contributed by atoms with Crippen LogP contribution in [0.15, 0.2) is 41.3 Å². The lowest BCUT2D eigenvalue weighted by molar-refractivity contribution is 0.102. The molecular formula is C18H17ClF2N2O4S. The van der Waals surface area contributed by atoms with E-state index < -0.39 is 38.7 Å². The minimum atomic E-state index is -3.82. The fraction of sp³-hybridized carbons (Fsp3) is 0.278. The lowest BCUT2D eigenvalue weighted by atomic mass is 10.1. The van der Waals surface area contributed by atoms with Gasteiger partial charge in [0.05, 0.1) is 16.0 Å². The van der Waals surface area contributed by atoms with Crippen molar-refractivity contribution in [1.29, 1.82) is 0 Å². The number of aliphatic hydroxyl groups is 1. The predicted molar refractivity (Wildman–Crippen MR) is 99.8 cm³/mol. The largest absolute Gasteiger partial charge is 0.393 e. The molecule has 1 fully saturated rings. The molecule has 1 aliphatic heterocycles. The number of halogens is 3. The van der Waals surface area contributed by atoms with Gasteiger partial charge >= 0.3 is 0 Å². The van der Waals surface area contributed by atoms with Crippen LogP contribution in [0.3, 0.4) is 0 Å². The van der Waals surface area contributed by atoms with Gasteiger partial charge in [-0.3, -0.25) is 4.79 Å². The van der Waals surface area contributed by atoms with Crippen molar-refractivity contribution in [2.45, 2.75) is 23.8 Å². The topological polar surface area (TPSA) is 86.7 Å². The molecule has 6 nitrogen and oxygen atoms in total. The van der Waals surface area contributed by atoms with E-state index in [-0.39, 0.29) is 29.2 Å². The third kappa shape index (κ3) is 4.33. The minimum Gasteiger partial charge on any atom is -0.393 e. The summed E-state index contributed by atoms with van der Waals surface area (Å²) >= 11 is 5.56. The molecule has 0 radical (unpaired) electrons. The highest BCUT2D eigenvalue weighted by Crippen LogP contribution is 2.24. The fourth-order valence-electron chi connectivity index (χ4n) is 2.86. The van der Waals surface area contributed by atoms with Gasteiger partial charge < -0.3 is 10.4 Å². The van der Waals surface area contributed by atoms with E-state index in [1.54, 1.807) is 0 Å². The van der Waals surface area contributed by atoms with Gasteiger partial charge in [-0.2, -0.15) is 4.31 Å². The molecule has 150 valence electrons. The van der Waals surface area contributed by atoms with Crippen LogP contribution in [0, 0.1) is 11.6 Å². The summed E-state index contributed by atoms with van der Waals surface area (Å²) in [5.74, 6) is -3.14. The van der Waals surface area contributed by atoms with Crippen LogP contribution in [0.2, 0.25) is 5.02 Å². The minimum absolute atomic E-state index is 0.0268. The maximum absolute atomic E-state index is 13.4. The van der Waals surface area contributed by atoms with E-state index in [9.17, 15) is 27.1 Å². The zero-order chi connectivity index (χ0) is 20.5. The number of rotatable bonds is 4. The summed E-state index contributed by atoms with van der Waals surface area (Å²) in [4.78, 5) is 12.3. The molecule has 1 saturated heterocycles. The molecule has 0 atom stereocenters. The Morgan fingerprint density at radius 2 is 1.86 bits per heavy atom. The Labute approximate surface area is 165 Å². The van der Waals surface area contributed by atoms with Gasteiger partial charge in [-0.05, 0) is 37.1 Å². The number of aliphatic hydroxyl groups excluding tert-OH is 1. The van der Waals surface area contributed by atoms with Crippen molar-refractivity contribution in [3.8, 4) is 0 Å². The van der Waals surface area contributed by atoms with Gasteiger partial charge in [0.25, 0.3) is 5.91 Å². The smallest absolute Gasteiger partial charge is 0.255 e. The van der Waals surface area contributed by atoms with Gasteiger partial charge in [-0.15, -0.1) is 0 Å². The summed E-state index contributed by atoms with van der Waals surface area (Å²) in [5.41, 5.74) is -0.0360. The van der Waals surface area contributed by atoms with E-state index >= 15 is 0 Å². The highest BCUT2D eigenvalue weighted by molar-refractivity contribution is 7.89. The Morgan fingerprint density at radius 1 is 1.18 bits per heavy atom. The molecule has 10 heteroatoms. The second kappa shape index (κ2) is 8.12. The number of sulfonamides is 1. The first-order valence-electron chi connectivity index (χ1n) is 8.42. The number of nitrogens with one attached hydrogen (secondary N) is 1. The molecule has 3 rings (SSSR count). The van der Waals surface area contributed by atoms with E-state index in [1.807, 2.05) is 0 Å². The highest BCUT2D eigenvalue weighted by Gasteiger charge is 2.29. The molecule has 0 spiro atoms. The Balaban J connectivity index is 1.82. The molecule has 1 aliphatic rings. The lowest BCUT2D eigenvalue weighted by Gasteiger charge is -2.28. The molecule has 0 aromatic heterocycles. The second-order valence-electron chi connectivity index (χ2n) is 6.37. The van der Waals surface area contributed by atoms with E-state index in [0.717, 1.165) is 12.1 Å². The van der Waals surface area contributed by atoms with E-state index in [0.29, 0.717) is 12.8 Å². The number of benzene rings is 2. The van der Waals surface area contributed by atoms with Crippen LogP contribution < -0.4 is 5.32 Å². The highest BCUT2D eigenvalue weighted by atomic mass is 35.5. The van der Waals surface area contributed by atoms with Crippen LogP contribution >= 0.6 is 11.6 Å². The Bertz CT molecular complexity index is 985.